The molecule has 0 saturated carbocycles. The predicted molar refractivity (Wildman–Crippen MR) is 111 cm³/mol. The number of benzene rings is 2. The van der Waals surface area contributed by atoms with Crippen LogP contribution in [-0.4, -0.2) is 69.5 Å². The van der Waals surface area contributed by atoms with Gasteiger partial charge in [0, 0.05) is 0 Å². The molecule has 0 aliphatic rings. The van der Waals surface area contributed by atoms with Crippen LogP contribution in [0.25, 0.3) is 0 Å². The van der Waals surface area contributed by atoms with Gasteiger partial charge in [0.25, 0.3) is 0 Å². The molecule has 2 aromatic rings. The van der Waals surface area contributed by atoms with E-state index in [9.17, 15) is 28.8 Å². The van der Waals surface area contributed by atoms with E-state index in [0.29, 0.717) is 0 Å². The highest BCUT2D eigenvalue weighted by Crippen LogP contribution is 2.15. The van der Waals surface area contributed by atoms with E-state index in [4.69, 9.17) is 29.9 Å². The van der Waals surface area contributed by atoms with E-state index >= 15 is 0 Å². The van der Waals surface area contributed by atoms with Crippen molar-refractivity contribution in [1.29, 1.82) is 0 Å². The molecule has 0 heterocycles. The van der Waals surface area contributed by atoms with Gasteiger partial charge in [0.05, 0.1) is 46.6 Å². The quantitative estimate of drug-likeness (QED) is 0.274. The van der Waals surface area contributed by atoms with Crippen molar-refractivity contribution < 1.29 is 58.7 Å². The van der Waals surface area contributed by atoms with Gasteiger partial charge in [0.15, 0.2) is 0 Å². The second kappa shape index (κ2) is 11.2. The highest BCUT2D eigenvalue weighted by molar-refractivity contribution is 6.04. The topological polar surface area (TPSA) is 202 Å². The molecule has 0 bridgehead atoms. The number of hydrogen-bond donors (Lipinski definition) is 4. The van der Waals surface area contributed by atoms with Gasteiger partial charge in [-0.25, -0.2) is 28.8 Å². The average Bonchev–Trinajstić information content (AvgIpc) is 2.79. The van der Waals surface area contributed by atoms with Crippen LogP contribution in [0.2, 0.25) is 0 Å². The number of carbonyl (C=O) groups excluding carboxylic acids is 2. The smallest absolute Gasteiger partial charge is 0.338 e. The van der Waals surface area contributed by atoms with Crippen molar-refractivity contribution in [1.82, 2.24) is 0 Å². The summed E-state index contributed by atoms with van der Waals surface area (Å²) in [6.07, 6.45) is 0.521. The number of ether oxygens (including phenoxy) is 2. The van der Waals surface area contributed by atoms with Crippen molar-refractivity contribution in [2.75, 3.05) is 13.2 Å². The minimum absolute atomic E-state index is 0.101. The molecule has 0 unspecified atom stereocenters. The minimum atomic E-state index is -1.51. The standard InChI is InChI=1S/C22H18O12/c23-17(24)13-5-3-11(9-15(13)19(27)28)21(31)33-7-1-2-8-34-22(32)12-4-6-14(18(25)26)16(10-12)20(29)30/h3-6,9-10H,1-2,7-8H2,(H,23,24)(H,25,26)(H,27,28)(H,29,30). The van der Waals surface area contributed by atoms with Crippen molar-refractivity contribution in [3.05, 3.63) is 69.8 Å². The van der Waals surface area contributed by atoms with Crippen LogP contribution >= 0.6 is 0 Å². The van der Waals surface area contributed by atoms with E-state index in [1.54, 1.807) is 0 Å². The molecule has 34 heavy (non-hydrogen) atoms. The zero-order valence-electron chi connectivity index (χ0n) is 17.3. The number of esters is 2. The van der Waals surface area contributed by atoms with Crippen LogP contribution in [-0.2, 0) is 9.47 Å². The zero-order valence-corrected chi connectivity index (χ0v) is 17.3. The number of carbonyl (C=O) groups is 6. The molecular weight excluding hydrogens is 456 g/mol. The number of carboxylic acid groups (broad SMARTS) is 4. The third-order valence-electron chi connectivity index (χ3n) is 4.44. The van der Waals surface area contributed by atoms with Gasteiger partial charge in [-0.2, -0.15) is 0 Å². The Balaban J connectivity index is 1.84. The first-order valence-corrected chi connectivity index (χ1v) is 9.58. The highest BCUT2D eigenvalue weighted by Gasteiger charge is 2.20. The van der Waals surface area contributed by atoms with Gasteiger partial charge in [-0.05, 0) is 49.2 Å². The van der Waals surface area contributed by atoms with E-state index in [0.717, 1.165) is 36.4 Å². The van der Waals surface area contributed by atoms with E-state index < -0.39 is 58.1 Å². The number of carboxylic acids is 4. The van der Waals surface area contributed by atoms with Crippen LogP contribution in [0.4, 0.5) is 0 Å². The maximum absolute atomic E-state index is 12.1. The van der Waals surface area contributed by atoms with E-state index in [1.165, 1.54) is 0 Å². The molecule has 0 atom stereocenters. The van der Waals surface area contributed by atoms with Crippen LogP contribution < -0.4 is 0 Å². The van der Waals surface area contributed by atoms with Gasteiger partial charge in [0.2, 0.25) is 0 Å². The summed E-state index contributed by atoms with van der Waals surface area (Å²) >= 11 is 0. The second-order valence-corrected chi connectivity index (χ2v) is 6.72. The highest BCUT2D eigenvalue weighted by atomic mass is 16.5. The van der Waals surface area contributed by atoms with Crippen molar-refractivity contribution in [2.45, 2.75) is 12.8 Å². The Kier molecular flexibility index (Phi) is 8.42. The lowest BCUT2D eigenvalue weighted by atomic mass is 10.0. The van der Waals surface area contributed by atoms with Gasteiger partial charge in [-0.15, -0.1) is 0 Å². The maximum atomic E-state index is 12.1. The summed E-state index contributed by atoms with van der Waals surface area (Å²) in [5, 5.41) is 36.2. The van der Waals surface area contributed by atoms with E-state index in [-0.39, 0.29) is 37.2 Å². The molecule has 0 aliphatic carbocycles. The molecule has 0 amide bonds. The molecule has 4 N–H and O–H groups in total. The van der Waals surface area contributed by atoms with E-state index in [2.05, 4.69) is 0 Å². The van der Waals surface area contributed by atoms with Crippen LogP contribution in [0.3, 0.4) is 0 Å². The lowest BCUT2D eigenvalue weighted by Crippen LogP contribution is -2.13. The van der Waals surface area contributed by atoms with Crippen LogP contribution in [0, 0.1) is 0 Å². The molecule has 12 nitrogen and oxygen atoms in total. The molecule has 0 aromatic heterocycles. The van der Waals surface area contributed by atoms with Crippen molar-refractivity contribution in [3.63, 3.8) is 0 Å². The second-order valence-electron chi connectivity index (χ2n) is 6.72. The summed E-state index contributed by atoms with van der Waals surface area (Å²) in [7, 11) is 0. The Morgan fingerprint density at radius 1 is 0.529 bits per heavy atom. The molecule has 0 radical (unpaired) electrons. The van der Waals surface area contributed by atoms with Crippen LogP contribution in [0.15, 0.2) is 36.4 Å². The summed E-state index contributed by atoms with van der Waals surface area (Å²) in [4.78, 5) is 68.5. The molecule has 0 fully saturated rings. The number of unbranched alkanes of at least 4 members (excludes halogenated alkanes) is 1. The Morgan fingerprint density at radius 2 is 0.853 bits per heavy atom. The lowest BCUT2D eigenvalue weighted by molar-refractivity contribution is 0.0432. The predicted octanol–water partition coefficient (Wildman–Crippen LogP) is 2.27. The largest absolute Gasteiger partial charge is 0.478 e. The van der Waals surface area contributed by atoms with Crippen LogP contribution in [0.5, 0.6) is 0 Å². The molecule has 2 aromatic carbocycles. The molecule has 12 heteroatoms. The molecule has 178 valence electrons. The van der Waals surface area contributed by atoms with Gasteiger partial charge < -0.3 is 29.9 Å². The van der Waals surface area contributed by atoms with Gasteiger partial charge in [-0.1, -0.05) is 0 Å². The summed E-state index contributed by atoms with van der Waals surface area (Å²) in [5.74, 6) is -7.66. The molecular formula is C22H18O12. The Bertz CT molecular complexity index is 1070. The van der Waals surface area contributed by atoms with Crippen molar-refractivity contribution >= 4 is 35.8 Å². The number of aromatic carboxylic acids is 4. The minimum Gasteiger partial charge on any atom is -0.478 e. The molecule has 0 spiro atoms. The number of rotatable bonds is 11. The maximum Gasteiger partial charge on any atom is 0.338 e. The fourth-order valence-corrected chi connectivity index (χ4v) is 2.77. The zero-order chi connectivity index (χ0) is 25.4. The van der Waals surface area contributed by atoms with E-state index in [1.807, 2.05) is 0 Å². The normalized spacial score (nSPS) is 10.2. The van der Waals surface area contributed by atoms with Gasteiger partial charge in [0.1, 0.15) is 0 Å². The Morgan fingerprint density at radius 3 is 1.15 bits per heavy atom. The first-order chi connectivity index (χ1) is 16.0. The average molecular weight is 474 g/mol. The summed E-state index contributed by atoms with van der Waals surface area (Å²) in [6.45, 7) is -0.202. The SMILES string of the molecule is O=C(OCCCCOC(=O)c1ccc(C(=O)O)c(C(=O)O)c1)c1ccc(C(=O)O)c(C(=O)O)c1. The Hall–Kier alpha value is -4.74. The molecule has 2 rings (SSSR count). The molecule has 0 saturated heterocycles. The fourth-order valence-electron chi connectivity index (χ4n) is 2.77. The van der Waals surface area contributed by atoms with Gasteiger partial charge >= 0.3 is 35.8 Å². The summed E-state index contributed by atoms with van der Waals surface area (Å²) in [5.41, 5.74) is -2.36. The first-order valence-electron chi connectivity index (χ1n) is 9.58. The van der Waals surface area contributed by atoms with Gasteiger partial charge in [-0.3, -0.25) is 0 Å². The fraction of sp³-hybridized carbons (Fsp3) is 0.182. The number of hydrogen-bond acceptors (Lipinski definition) is 8. The Labute approximate surface area is 191 Å². The summed E-state index contributed by atoms with van der Waals surface area (Å²) in [6, 6.07) is 6.02. The first kappa shape index (κ1) is 25.5. The third-order valence-corrected chi connectivity index (χ3v) is 4.44. The van der Waals surface area contributed by atoms with Crippen molar-refractivity contribution in [3.8, 4) is 0 Å². The summed E-state index contributed by atoms with van der Waals surface area (Å²) < 4.78 is 9.98. The lowest BCUT2D eigenvalue weighted by Gasteiger charge is -2.08. The third kappa shape index (κ3) is 6.38. The molecule has 0 aliphatic heterocycles. The monoisotopic (exact) mass is 474 g/mol. The van der Waals surface area contributed by atoms with Crippen molar-refractivity contribution in [2.24, 2.45) is 0 Å². The van der Waals surface area contributed by atoms with Crippen LogP contribution in [0.1, 0.15) is 75.0 Å².